The maximum absolute atomic E-state index is 11.7. The molecule has 0 amide bonds. The summed E-state index contributed by atoms with van der Waals surface area (Å²) in [5, 5.41) is 0. The van der Waals surface area contributed by atoms with Gasteiger partial charge in [0.05, 0.1) is 5.41 Å². The van der Waals surface area contributed by atoms with E-state index < -0.39 is 11.5 Å². The van der Waals surface area contributed by atoms with Crippen LogP contribution in [0.4, 0.5) is 0 Å². The van der Waals surface area contributed by atoms with Crippen molar-refractivity contribution in [2.75, 3.05) is 0 Å². The van der Waals surface area contributed by atoms with E-state index in [0.717, 1.165) is 0 Å². The zero-order valence-electron chi connectivity index (χ0n) is 11.7. The van der Waals surface area contributed by atoms with Crippen LogP contribution in [-0.2, 0) is 9.53 Å². The Morgan fingerprint density at radius 1 is 1.16 bits per heavy atom. The fourth-order valence-electron chi connectivity index (χ4n) is 1.20. The van der Waals surface area contributed by atoms with Crippen LogP contribution in [0.15, 0.2) is 30.3 Å². The van der Waals surface area contributed by atoms with Crippen LogP contribution >= 0.6 is 0 Å². The van der Waals surface area contributed by atoms with E-state index in [1.54, 1.807) is 52.0 Å². The number of carbonyl (C=O) groups is 2. The molecule has 0 spiro atoms. The third-order valence-corrected chi connectivity index (χ3v) is 2.32. The van der Waals surface area contributed by atoms with E-state index in [1.807, 2.05) is 6.07 Å². The van der Waals surface area contributed by atoms with Gasteiger partial charge in [0.1, 0.15) is 0 Å². The van der Waals surface area contributed by atoms with E-state index in [2.05, 4.69) is 11.8 Å². The molecule has 1 aromatic carbocycles. The van der Waals surface area contributed by atoms with Crippen molar-refractivity contribution in [2.24, 2.45) is 5.41 Å². The summed E-state index contributed by atoms with van der Waals surface area (Å²) in [6.45, 7) is 6.95. The van der Waals surface area contributed by atoms with Crippen molar-refractivity contribution in [2.45, 2.75) is 33.8 Å². The molecule has 1 atom stereocenters. The van der Waals surface area contributed by atoms with Gasteiger partial charge in [0.2, 0.25) is 5.78 Å². The van der Waals surface area contributed by atoms with Crippen molar-refractivity contribution < 1.29 is 14.3 Å². The predicted molar refractivity (Wildman–Crippen MR) is 73.6 cm³/mol. The summed E-state index contributed by atoms with van der Waals surface area (Å²) in [6.07, 6.45) is -0.598. The molecule has 1 unspecified atom stereocenters. The Labute approximate surface area is 114 Å². The summed E-state index contributed by atoms with van der Waals surface area (Å²) < 4.78 is 5.14. The van der Waals surface area contributed by atoms with Crippen LogP contribution in [0.3, 0.4) is 0 Å². The summed E-state index contributed by atoms with van der Waals surface area (Å²) in [5.74, 6) is 4.52. The third-order valence-electron chi connectivity index (χ3n) is 2.32. The van der Waals surface area contributed by atoms with Crippen LogP contribution in [0, 0.1) is 17.3 Å². The summed E-state index contributed by atoms with van der Waals surface area (Å²) in [6, 6.07) is 8.78. The van der Waals surface area contributed by atoms with Crippen molar-refractivity contribution in [1.29, 1.82) is 0 Å². The van der Waals surface area contributed by atoms with E-state index in [-0.39, 0.29) is 11.8 Å². The second kappa shape index (κ2) is 6.19. The van der Waals surface area contributed by atoms with Gasteiger partial charge in [-0.1, -0.05) is 36.3 Å². The highest BCUT2D eigenvalue weighted by Gasteiger charge is 2.24. The van der Waals surface area contributed by atoms with Crippen LogP contribution in [0.1, 0.15) is 38.1 Å². The average molecular weight is 258 g/mol. The first kappa shape index (κ1) is 15.0. The molecule has 0 aliphatic rings. The number of rotatable bonds is 2. The second-order valence-corrected chi connectivity index (χ2v) is 5.26. The Bertz CT molecular complexity index is 512. The number of benzene rings is 1. The first-order valence-electron chi connectivity index (χ1n) is 6.12. The number of hydrogen-bond donors (Lipinski definition) is 0. The third kappa shape index (κ3) is 4.97. The van der Waals surface area contributed by atoms with Crippen molar-refractivity contribution in [3.8, 4) is 11.8 Å². The molecule has 0 bridgehead atoms. The molecule has 100 valence electrons. The van der Waals surface area contributed by atoms with E-state index in [4.69, 9.17) is 4.74 Å². The van der Waals surface area contributed by atoms with Crippen LogP contribution in [0.2, 0.25) is 0 Å². The van der Waals surface area contributed by atoms with Gasteiger partial charge in [0, 0.05) is 5.56 Å². The minimum absolute atomic E-state index is 0.278. The molecule has 0 heterocycles. The van der Waals surface area contributed by atoms with E-state index >= 15 is 0 Å². The van der Waals surface area contributed by atoms with Gasteiger partial charge in [-0.05, 0) is 33.6 Å². The lowest BCUT2D eigenvalue weighted by Crippen LogP contribution is -2.26. The Balaban J connectivity index is 2.64. The van der Waals surface area contributed by atoms with Crippen LogP contribution < -0.4 is 0 Å². The Kier molecular flexibility index (Phi) is 4.88. The summed E-state index contributed by atoms with van der Waals surface area (Å²) in [4.78, 5) is 23.3. The van der Waals surface area contributed by atoms with Crippen molar-refractivity contribution >= 4 is 11.8 Å². The highest BCUT2D eigenvalue weighted by Crippen LogP contribution is 2.16. The van der Waals surface area contributed by atoms with Gasteiger partial charge in [0.25, 0.3) is 0 Å². The summed E-state index contributed by atoms with van der Waals surface area (Å²) in [5.41, 5.74) is -0.0383. The molecule has 3 nitrogen and oxygen atoms in total. The fourth-order valence-corrected chi connectivity index (χ4v) is 1.20. The summed E-state index contributed by atoms with van der Waals surface area (Å²) in [7, 11) is 0. The number of Topliss-reactive ketones (excluding diaryl/α,β-unsaturated/α-hetero) is 1. The maximum Gasteiger partial charge on any atom is 0.312 e. The van der Waals surface area contributed by atoms with Crippen LogP contribution in [0.5, 0.6) is 0 Å². The first-order valence-corrected chi connectivity index (χ1v) is 6.12. The molecule has 0 aromatic heterocycles. The zero-order chi connectivity index (χ0) is 14.5. The van der Waals surface area contributed by atoms with E-state index in [0.29, 0.717) is 5.56 Å². The van der Waals surface area contributed by atoms with E-state index in [9.17, 15) is 9.59 Å². The smallest absolute Gasteiger partial charge is 0.312 e. The molecule has 0 aliphatic carbocycles. The van der Waals surface area contributed by atoms with Crippen molar-refractivity contribution in [3.05, 3.63) is 35.9 Å². The number of ether oxygens (including phenoxy) is 1. The monoisotopic (exact) mass is 258 g/mol. The largest absolute Gasteiger partial charge is 0.449 e. The average Bonchev–Trinajstić information content (AvgIpc) is 2.35. The molecular formula is C16H18O3. The Morgan fingerprint density at radius 3 is 2.26 bits per heavy atom. The van der Waals surface area contributed by atoms with Gasteiger partial charge in [0.15, 0.2) is 6.10 Å². The topological polar surface area (TPSA) is 43.4 Å². The quantitative estimate of drug-likeness (QED) is 0.354. The van der Waals surface area contributed by atoms with Gasteiger partial charge in [-0.2, -0.15) is 0 Å². The van der Waals surface area contributed by atoms with Gasteiger partial charge in [-0.25, -0.2) is 0 Å². The first-order chi connectivity index (χ1) is 8.80. The zero-order valence-corrected chi connectivity index (χ0v) is 11.7. The highest BCUT2D eigenvalue weighted by atomic mass is 16.5. The second-order valence-electron chi connectivity index (χ2n) is 5.26. The molecule has 0 aliphatic heterocycles. The fraction of sp³-hybridized carbons (Fsp3) is 0.375. The standard InChI is InChI=1S/C16H18O3/c1-12(19-15(18)16(2,3)4)10-11-14(17)13-8-6-5-7-9-13/h5-9,12H,1-4H3. The van der Waals surface area contributed by atoms with Gasteiger partial charge < -0.3 is 4.74 Å². The lowest BCUT2D eigenvalue weighted by Gasteiger charge is -2.17. The van der Waals surface area contributed by atoms with Gasteiger partial charge in [-0.3, -0.25) is 9.59 Å². The molecule has 0 radical (unpaired) electrons. The molecule has 1 aromatic rings. The molecule has 0 fully saturated rings. The molecule has 19 heavy (non-hydrogen) atoms. The van der Waals surface area contributed by atoms with Gasteiger partial charge in [-0.15, -0.1) is 0 Å². The minimum atomic E-state index is -0.598. The van der Waals surface area contributed by atoms with Crippen molar-refractivity contribution in [3.63, 3.8) is 0 Å². The lowest BCUT2D eigenvalue weighted by molar-refractivity contribution is -0.155. The normalized spacial score (nSPS) is 12.0. The predicted octanol–water partition coefficient (Wildman–Crippen LogP) is 2.85. The minimum Gasteiger partial charge on any atom is -0.449 e. The molecule has 0 N–H and O–H groups in total. The number of hydrogen-bond acceptors (Lipinski definition) is 3. The number of ketones is 1. The Morgan fingerprint density at radius 2 is 1.74 bits per heavy atom. The maximum atomic E-state index is 11.7. The van der Waals surface area contributed by atoms with Crippen LogP contribution in [0.25, 0.3) is 0 Å². The van der Waals surface area contributed by atoms with Gasteiger partial charge >= 0.3 is 5.97 Å². The van der Waals surface area contributed by atoms with Crippen LogP contribution in [-0.4, -0.2) is 17.9 Å². The summed E-state index contributed by atoms with van der Waals surface area (Å²) >= 11 is 0. The highest BCUT2D eigenvalue weighted by molar-refractivity contribution is 6.09. The molecule has 3 heteroatoms. The molecular weight excluding hydrogens is 240 g/mol. The number of esters is 1. The molecule has 1 rings (SSSR count). The van der Waals surface area contributed by atoms with Crippen molar-refractivity contribution in [1.82, 2.24) is 0 Å². The molecule has 0 saturated heterocycles. The Hall–Kier alpha value is -2.08. The SMILES string of the molecule is CC(C#CC(=O)c1ccccc1)OC(=O)C(C)(C)C. The lowest BCUT2D eigenvalue weighted by atomic mass is 9.97. The van der Waals surface area contributed by atoms with E-state index in [1.165, 1.54) is 0 Å². The number of carbonyl (C=O) groups excluding carboxylic acids is 2. The molecule has 0 saturated carbocycles.